The zero-order valence-electron chi connectivity index (χ0n) is 12.0. The number of aryl methyl sites for hydroxylation is 1. The second kappa shape index (κ2) is 6.74. The van der Waals surface area contributed by atoms with Crippen molar-refractivity contribution in [2.24, 2.45) is 0 Å². The molecule has 7 nitrogen and oxygen atoms in total. The third-order valence-electron chi connectivity index (χ3n) is 2.78. The number of para-hydroxylation sites is 1. The van der Waals surface area contributed by atoms with Gasteiger partial charge in [0.15, 0.2) is 5.75 Å². The maximum absolute atomic E-state index is 11.3. The molecule has 0 bridgehead atoms. The molecular weight excluding hydrogens is 274 g/mol. The highest BCUT2D eigenvalue weighted by atomic mass is 16.6. The van der Waals surface area contributed by atoms with Gasteiger partial charge in [0.2, 0.25) is 0 Å². The van der Waals surface area contributed by atoms with Crippen LogP contribution in [-0.4, -0.2) is 16.7 Å². The molecule has 0 unspecified atom stereocenters. The normalized spacial score (nSPS) is 10.4. The van der Waals surface area contributed by atoms with Crippen LogP contribution in [0, 0.1) is 17.0 Å². The monoisotopic (exact) mass is 291 g/mol. The summed E-state index contributed by atoms with van der Waals surface area (Å²) in [6.07, 6.45) is 0.785. The zero-order valence-corrected chi connectivity index (χ0v) is 12.0. The van der Waals surface area contributed by atoms with E-state index in [-0.39, 0.29) is 11.4 Å². The standard InChI is InChI=1S/C14H17N3O4/c1-3-7-20-13-6-4-5-12(14(13)17(18)19)15-9-11-8-10(2)21-16-11/h4-6,8,15H,3,7,9H2,1-2H3. The Labute approximate surface area is 122 Å². The quantitative estimate of drug-likeness (QED) is 0.621. The molecule has 0 aliphatic rings. The van der Waals surface area contributed by atoms with Crippen molar-refractivity contribution >= 4 is 11.4 Å². The fourth-order valence-corrected chi connectivity index (χ4v) is 1.87. The van der Waals surface area contributed by atoms with Gasteiger partial charge in [-0.2, -0.15) is 0 Å². The van der Waals surface area contributed by atoms with Gasteiger partial charge in [-0.1, -0.05) is 18.1 Å². The van der Waals surface area contributed by atoms with Crippen LogP contribution < -0.4 is 10.1 Å². The molecule has 0 radical (unpaired) electrons. The molecule has 21 heavy (non-hydrogen) atoms. The number of nitrogens with zero attached hydrogens (tertiary/aromatic N) is 2. The van der Waals surface area contributed by atoms with E-state index in [4.69, 9.17) is 9.26 Å². The predicted molar refractivity (Wildman–Crippen MR) is 77.4 cm³/mol. The van der Waals surface area contributed by atoms with Crippen LogP contribution in [0.15, 0.2) is 28.8 Å². The maximum Gasteiger partial charge on any atom is 0.333 e. The third kappa shape index (κ3) is 3.71. The first-order valence-corrected chi connectivity index (χ1v) is 6.68. The first kappa shape index (κ1) is 14.8. The molecule has 2 aromatic rings. The Morgan fingerprint density at radius 2 is 2.29 bits per heavy atom. The van der Waals surface area contributed by atoms with Crippen molar-refractivity contribution in [3.05, 3.63) is 45.8 Å². The number of benzene rings is 1. The Kier molecular flexibility index (Phi) is 4.76. The smallest absolute Gasteiger partial charge is 0.333 e. The third-order valence-corrected chi connectivity index (χ3v) is 2.78. The van der Waals surface area contributed by atoms with E-state index in [1.54, 1.807) is 31.2 Å². The van der Waals surface area contributed by atoms with E-state index in [0.717, 1.165) is 6.42 Å². The van der Waals surface area contributed by atoms with Crippen molar-refractivity contribution in [3.63, 3.8) is 0 Å². The summed E-state index contributed by atoms with van der Waals surface area (Å²) >= 11 is 0. The van der Waals surface area contributed by atoms with Gasteiger partial charge in [0, 0.05) is 6.07 Å². The number of rotatable bonds is 7. The molecule has 112 valence electrons. The zero-order chi connectivity index (χ0) is 15.2. The number of nitrogens with one attached hydrogen (secondary N) is 1. The van der Waals surface area contributed by atoms with Crippen LogP contribution in [-0.2, 0) is 6.54 Å². The van der Waals surface area contributed by atoms with Crippen LogP contribution in [0.5, 0.6) is 5.75 Å². The average Bonchev–Trinajstić information content (AvgIpc) is 2.88. The van der Waals surface area contributed by atoms with E-state index in [2.05, 4.69) is 10.5 Å². The average molecular weight is 291 g/mol. The lowest BCUT2D eigenvalue weighted by Gasteiger charge is -2.10. The molecule has 1 N–H and O–H groups in total. The molecule has 7 heteroatoms. The van der Waals surface area contributed by atoms with Gasteiger partial charge < -0.3 is 14.6 Å². The van der Waals surface area contributed by atoms with Crippen LogP contribution in [0.3, 0.4) is 0 Å². The highest BCUT2D eigenvalue weighted by molar-refractivity contribution is 5.68. The van der Waals surface area contributed by atoms with Crippen molar-refractivity contribution in [2.75, 3.05) is 11.9 Å². The lowest BCUT2D eigenvalue weighted by molar-refractivity contribution is -0.385. The molecule has 0 saturated heterocycles. The molecule has 0 fully saturated rings. The van der Waals surface area contributed by atoms with Crippen LogP contribution in [0.1, 0.15) is 24.8 Å². The molecule has 1 aromatic heterocycles. The van der Waals surface area contributed by atoms with Crippen LogP contribution in [0.2, 0.25) is 0 Å². The van der Waals surface area contributed by atoms with E-state index in [1.165, 1.54) is 0 Å². The Bertz CT molecular complexity index is 624. The van der Waals surface area contributed by atoms with Crippen molar-refractivity contribution in [1.29, 1.82) is 0 Å². The van der Waals surface area contributed by atoms with Gasteiger partial charge in [-0.3, -0.25) is 10.1 Å². The number of aromatic nitrogens is 1. The van der Waals surface area contributed by atoms with Gasteiger partial charge >= 0.3 is 5.69 Å². The molecular formula is C14H17N3O4. The first-order chi connectivity index (χ1) is 10.1. The van der Waals surface area contributed by atoms with E-state index < -0.39 is 4.92 Å². The largest absolute Gasteiger partial charge is 0.487 e. The lowest BCUT2D eigenvalue weighted by Crippen LogP contribution is -2.05. The summed E-state index contributed by atoms with van der Waals surface area (Å²) in [5.41, 5.74) is 1.02. The maximum atomic E-state index is 11.3. The summed E-state index contributed by atoms with van der Waals surface area (Å²) < 4.78 is 10.4. The summed E-state index contributed by atoms with van der Waals surface area (Å²) in [6.45, 7) is 4.52. The van der Waals surface area contributed by atoms with Crippen LogP contribution in [0.4, 0.5) is 11.4 Å². The van der Waals surface area contributed by atoms with E-state index >= 15 is 0 Å². The number of hydrogen-bond donors (Lipinski definition) is 1. The van der Waals surface area contributed by atoms with Gasteiger partial charge in [-0.05, 0) is 25.5 Å². The van der Waals surface area contributed by atoms with Crippen LogP contribution in [0.25, 0.3) is 0 Å². The molecule has 1 aromatic carbocycles. The van der Waals surface area contributed by atoms with Gasteiger partial charge in [-0.25, -0.2) is 0 Å². The van der Waals surface area contributed by atoms with Gasteiger partial charge in [0.1, 0.15) is 17.1 Å². The van der Waals surface area contributed by atoms with Gasteiger partial charge in [-0.15, -0.1) is 0 Å². The Balaban J connectivity index is 2.19. The second-order valence-corrected chi connectivity index (χ2v) is 4.54. The van der Waals surface area contributed by atoms with Crippen molar-refractivity contribution in [3.8, 4) is 5.75 Å². The number of hydrogen-bond acceptors (Lipinski definition) is 6. The molecule has 0 amide bonds. The predicted octanol–water partition coefficient (Wildman–Crippen LogP) is 3.29. The first-order valence-electron chi connectivity index (χ1n) is 6.68. The highest BCUT2D eigenvalue weighted by Gasteiger charge is 2.21. The van der Waals surface area contributed by atoms with Crippen LogP contribution >= 0.6 is 0 Å². The number of ether oxygens (including phenoxy) is 1. The molecule has 0 aliphatic carbocycles. The minimum Gasteiger partial charge on any atom is -0.487 e. The SMILES string of the molecule is CCCOc1cccc(NCc2cc(C)on2)c1[N+](=O)[O-]. The molecule has 0 spiro atoms. The van der Waals surface area contributed by atoms with Crippen molar-refractivity contribution < 1.29 is 14.2 Å². The fourth-order valence-electron chi connectivity index (χ4n) is 1.87. The minimum atomic E-state index is -0.443. The van der Waals surface area contributed by atoms with Gasteiger partial charge in [0.05, 0.1) is 18.1 Å². The summed E-state index contributed by atoms with van der Waals surface area (Å²) in [4.78, 5) is 10.8. The summed E-state index contributed by atoms with van der Waals surface area (Å²) in [5, 5.41) is 18.1. The summed E-state index contributed by atoms with van der Waals surface area (Å²) in [5.74, 6) is 0.963. The van der Waals surface area contributed by atoms with E-state index in [0.29, 0.717) is 30.3 Å². The van der Waals surface area contributed by atoms with Gasteiger partial charge in [0.25, 0.3) is 0 Å². The van der Waals surface area contributed by atoms with E-state index in [1.807, 2.05) is 6.92 Å². The Hall–Kier alpha value is -2.57. The fraction of sp³-hybridized carbons (Fsp3) is 0.357. The summed E-state index contributed by atoms with van der Waals surface area (Å²) in [7, 11) is 0. The number of nitro benzene ring substituents is 1. The summed E-state index contributed by atoms with van der Waals surface area (Å²) in [6, 6.07) is 6.73. The molecule has 2 rings (SSSR count). The second-order valence-electron chi connectivity index (χ2n) is 4.54. The highest BCUT2D eigenvalue weighted by Crippen LogP contribution is 2.35. The Morgan fingerprint density at radius 1 is 1.48 bits per heavy atom. The molecule has 0 aliphatic heterocycles. The molecule has 0 saturated carbocycles. The minimum absolute atomic E-state index is 0.0637. The van der Waals surface area contributed by atoms with Crippen molar-refractivity contribution in [1.82, 2.24) is 5.16 Å². The topological polar surface area (TPSA) is 90.4 Å². The molecule has 1 heterocycles. The van der Waals surface area contributed by atoms with E-state index in [9.17, 15) is 10.1 Å². The number of nitro groups is 1. The lowest BCUT2D eigenvalue weighted by atomic mass is 10.2. The number of anilines is 1. The van der Waals surface area contributed by atoms with Crippen molar-refractivity contribution in [2.45, 2.75) is 26.8 Å². The molecule has 0 atom stereocenters. The Morgan fingerprint density at radius 3 is 2.90 bits per heavy atom.